The lowest BCUT2D eigenvalue weighted by Gasteiger charge is -2.35. The largest absolute Gasteiger partial charge is 0.463 e. The van der Waals surface area contributed by atoms with Crippen molar-refractivity contribution in [2.24, 2.45) is 5.41 Å². The van der Waals surface area contributed by atoms with Crippen molar-refractivity contribution >= 4 is 16.9 Å². The van der Waals surface area contributed by atoms with Gasteiger partial charge in [0.1, 0.15) is 11.8 Å². The highest BCUT2D eigenvalue weighted by Crippen LogP contribution is 2.35. The van der Waals surface area contributed by atoms with Crippen LogP contribution in [0.4, 0.5) is 0 Å². The molecule has 21 heavy (non-hydrogen) atoms. The highest BCUT2D eigenvalue weighted by molar-refractivity contribution is 6.05. The van der Waals surface area contributed by atoms with Crippen molar-refractivity contribution in [1.29, 1.82) is 0 Å². The molecule has 112 valence electrons. The molecule has 0 unspecified atom stereocenters. The van der Waals surface area contributed by atoms with E-state index in [-0.39, 0.29) is 17.9 Å². The van der Waals surface area contributed by atoms with Gasteiger partial charge in [-0.15, -0.1) is 0 Å². The highest BCUT2D eigenvalue weighted by Gasteiger charge is 2.32. The molecule has 1 fully saturated rings. The third kappa shape index (κ3) is 2.81. The smallest absolute Gasteiger partial charge is 0.255 e. The Morgan fingerprint density at radius 1 is 1.24 bits per heavy atom. The van der Waals surface area contributed by atoms with Crippen LogP contribution in [0, 0.1) is 5.41 Å². The van der Waals surface area contributed by atoms with Gasteiger partial charge in [0.15, 0.2) is 0 Å². The summed E-state index contributed by atoms with van der Waals surface area (Å²) in [4.78, 5) is 12.4. The van der Waals surface area contributed by atoms with Crippen molar-refractivity contribution in [3.63, 3.8) is 0 Å². The van der Waals surface area contributed by atoms with Crippen LogP contribution in [0.2, 0.25) is 0 Å². The normalized spacial score (nSPS) is 17.8. The summed E-state index contributed by atoms with van der Waals surface area (Å²) < 4.78 is 5.40. The molecule has 0 bridgehead atoms. The van der Waals surface area contributed by atoms with Crippen LogP contribution in [0.1, 0.15) is 42.5 Å². The molecule has 2 N–H and O–H groups in total. The minimum atomic E-state index is -0.145. The van der Waals surface area contributed by atoms with E-state index in [4.69, 9.17) is 4.42 Å². The SMILES string of the molecule is O=C(NCC1(CO)CCCCC1)c1coc2ccccc12. The molecule has 0 spiro atoms. The van der Waals surface area contributed by atoms with E-state index in [1.54, 1.807) is 0 Å². The molecule has 2 aromatic rings. The lowest BCUT2D eigenvalue weighted by atomic mass is 9.74. The van der Waals surface area contributed by atoms with Crippen molar-refractivity contribution in [2.45, 2.75) is 32.1 Å². The Balaban J connectivity index is 1.71. The highest BCUT2D eigenvalue weighted by atomic mass is 16.3. The van der Waals surface area contributed by atoms with Gasteiger partial charge in [0.05, 0.1) is 12.2 Å². The number of aliphatic hydroxyl groups is 1. The Morgan fingerprint density at radius 3 is 2.76 bits per heavy atom. The summed E-state index contributed by atoms with van der Waals surface area (Å²) in [6.07, 6.45) is 6.95. The Hall–Kier alpha value is -1.81. The fourth-order valence-electron chi connectivity index (χ4n) is 3.21. The number of aliphatic hydroxyl groups excluding tert-OH is 1. The van der Waals surface area contributed by atoms with E-state index >= 15 is 0 Å². The lowest BCUT2D eigenvalue weighted by Crippen LogP contribution is -2.41. The van der Waals surface area contributed by atoms with E-state index < -0.39 is 0 Å². The van der Waals surface area contributed by atoms with Crippen molar-refractivity contribution < 1.29 is 14.3 Å². The van der Waals surface area contributed by atoms with Gasteiger partial charge in [0, 0.05) is 17.3 Å². The molecule has 0 aliphatic heterocycles. The van der Waals surface area contributed by atoms with Crippen molar-refractivity contribution in [1.82, 2.24) is 5.32 Å². The second-order valence-corrected chi connectivity index (χ2v) is 6.05. The number of para-hydroxylation sites is 1. The second kappa shape index (κ2) is 5.90. The molecule has 0 radical (unpaired) electrons. The van der Waals surface area contributed by atoms with Crippen LogP contribution in [0.15, 0.2) is 34.9 Å². The summed E-state index contributed by atoms with van der Waals surface area (Å²) in [5.41, 5.74) is 1.14. The van der Waals surface area contributed by atoms with Crippen LogP contribution in [-0.2, 0) is 0 Å². The number of amides is 1. The average Bonchev–Trinajstić information content (AvgIpc) is 2.98. The van der Waals surface area contributed by atoms with Crippen LogP contribution < -0.4 is 5.32 Å². The van der Waals surface area contributed by atoms with E-state index in [9.17, 15) is 9.90 Å². The number of carbonyl (C=O) groups is 1. The summed E-state index contributed by atoms with van der Waals surface area (Å²) >= 11 is 0. The molecule has 1 aliphatic carbocycles. The zero-order chi connectivity index (χ0) is 14.7. The number of hydrogen-bond acceptors (Lipinski definition) is 3. The van der Waals surface area contributed by atoms with E-state index in [0.29, 0.717) is 12.1 Å². The van der Waals surface area contributed by atoms with Gasteiger partial charge in [0.2, 0.25) is 0 Å². The first-order chi connectivity index (χ1) is 10.2. The summed E-state index contributed by atoms with van der Waals surface area (Å²) in [5.74, 6) is -0.127. The predicted octanol–water partition coefficient (Wildman–Crippen LogP) is 3.11. The standard InChI is InChI=1S/C17H21NO3/c19-12-17(8-4-1-5-9-17)11-18-16(20)14-10-21-15-7-3-2-6-13(14)15/h2-3,6-7,10,19H,1,4-5,8-9,11-12H2,(H,18,20). The molecule has 1 aliphatic rings. The van der Waals surface area contributed by atoms with Gasteiger partial charge in [-0.25, -0.2) is 0 Å². The Labute approximate surface area is 124 Å². The summed E-state index contributed by atoms with van der Waals surface area (Å²) in [5, 5.41) is 13.5. The number of benzene rings is 1. The number of fused-ring (bicyclic) bond motifs is 1. The third-order valence-corrected chi connectivity index (χ3v) is 4.60. The quantitative estimate of drug-likeness (QED) is 0.908. The second-order valence-electron chi connectivity index (χ2n) is 6.05. The van der Waals surface area contributed by atoms with E-state index in [0.717, 1.165) is 36.7 Å². The van der Waals surface area contributed by atoms with Gasteiger partial charge in [-0.2, -0.15) is 0 Å². The zero-order valence-corrected chi connectivity index (χ0v) is 12.1. The van der Waals surface area contributed by atoms with E-state index in [2.05, 4.69) is 5.32 Å². The molecule has 4 nitrogen and oxygen atoms in total. The van der Waals surface area contributed by atoms with Crippen LogP contribution in [0.3, 0.4) is 0 Å². The van der Waals surface area contributed by atoms with Crippen molar-refractivity contribution in [3.8, 4) is 0 Å². The molecule has 1 amide bonds. The summed E-state index contributed by atoms with van der Waals surface area (Å²) in [6, 6.07) is 7.51. The van der Waals surface area contributed by atoms with Gasteiger partial charge in [-0.05, 0) is 18.9 Å². The lowest BCUT2D eigenvalue weighted by molar-refractivity contribution is 0.0718. The topological polar surface area (TPSA) is 62.5 Å². The number of nitrogens with one attached hydrogen (secondary N) is 1. The molecular weight excluding hydrogens is 266 g/mol. The summed E-state index contributed by atoms with van der Waals surface area (Å²) in [6.45, 7) is 0.668. The number of rotatable bonds is 4. The summed E-state index contributed by atoms with van der Waals surface area (Å²) in [7, 11) is 0. The number of carbonyl (C=O) groups excluding carboxylic acids is 1. The molecular formula is C17H21NO3. The molecule has 4 heteroatoms. The molecule has 1 saturated carbocycles. The zero-order valence-electron chi connectivity index (χ0n) is 12.1. The van der Waals surface area contributed by atoms with E-state index in [1.165, 1.54) is 12.7 Å². The molecule has 3 rings (SSSR count). The third-order valence-electron chi connectivity index (χ3n) is 4.60. The fourth-order valence-corrected chi connectivity index (χ4v) is 3.21. The van der Waals surface area contributed by atoms with Crippen molar-refractivity contribution in [3.05, 3.63) is 36.1 Å². The fraction of sp³-hybridized carbons (Fsp3) is 0.471. The molecule has 0 saturated heterocycles. The average molecular weight is 287 g/mol. The maximum atomic E-state index is 12.4. The molecule has 1 aromatic heterocycles. The minimum absolute atomic E-state index is 0.127. The van der Waals surface area contributed by atoms with Crippen LogP contribution in [-0.4, -0.2) is 24.2 Å². The van der Waals surface area contributed by atoms with Crippen molar-refractivity contribution in [2.75, 3.05) is 13.2 Å². The van der Waals surface area contributed by atoms with Crippen LogP contribution in [0.5, 0.6) is 0 Å². The minimum Gasteiger partial charge on any atom is -0.463 e. The maximum Gasteiger partial charge on any atom is 0.255 e. The first-order valence-corrected chi connectivity index (χ1v) is 7.59. The van der Waals surface area contributed by atoms with E-state index in [1.807, 2.05) is 24.3 Å². The Kier molecular flexibility index (Phi) is 3.97. The number of furan rings is 1. The number of hydrogen-bond donors (Lipinski definition) is 2. The monoisotopic (exact) mass is 287 g/mol. The van der Waals surface area contributed by atoms with Gasteiger partial charge in [-0.1, -0.05) is 37.5 Å². The Bertz CT molecular complexity index is 626. The predicted molar refractivity (Wildman–Crippen MR) is 81.2 cm³/mol. The molecule has 0 atom stereocenters. The van der Waals surface area contributed by atoms with Crippen LogP contribution >= 0.6 is 0 Å². The molecule has 1 heterocycles. The van der Waals surface area contributed by atoms with Gasteiger partial charge in [-0.3, -0.25) is 4.79 Å². The first-order valence-electron chi connectivity index (χ1n) is 7.59. The Morgan fingerprint density at radius 2 is 2.00 bits per heavy atom. The van der Waals surface area contributed by atoms with Crippen LogP contribution in [0.25, 0.3) is 11.0 Å². The first kappa shape index (κ1) is 14.1. The van der Waals surface area contributed by atoms with Gasteiger partial charge in [0.25, 0.3) is 5.91 Å². The maximum absolute atomic E-state index is 12.4. The van der Waals surface area contributed by atoms with Gasteiger partial charge < -0.3 is 14.8 Å². The molecule has 1 aromatic carbocycles. The van der Waals surface area contributed by atoms with Gasteiger partial charge >= 0.3 is 0 Å².